The van der Waals surface area contributed by atoms with Crippen molar-refractivity contribution >= 4 is 17.6 Å². The highest BCUT2D eigenvalue weighted by molar-refractivity contribution is 6.00. The SMILES string of the molecule is CCOCCN1C(=O)C2C(NC3N(c4ccc(C)cc4)CC(C)CN23)N(C)C1=O. The van der Waals surface area contributed by atoms with Crippen LogP contribution in [-0.4, -0.2) is 85.0 Å². The van der Waals surface area contributed by atoms with E-state index in [1.54, 1.807) is 11.9 Å². The van der Waals surface area contributed by atoms with Gasteiger partial charge in [-0.05, 0) is 31.9 Å². The summed E-state index contributed by atoms with van der Waals surface area (Å²) in [5.74, 6) is 0.270. The first-order valence-electron chi connectivity index (χ1n) is 10.4. The van der Waals surface area contributed by atoms with E-state index in [1.165, 1.54) is 10.5 Å². The Morgan fingerprint density at radius 2 is 1.90 bits per heavy atom. The standard InChI is InChI=1S/C21H31N5O3/c1-5-29-11-10-24-19(27)17-18(23(4)21(24)28)22-20-25(12-15(3)13-26(17)20)16-8-6-14(2)7-9-16/h6-9,15,17-18,20,22H,5,10-13H2,1-4H3. The van der Waals surface area contributed by atoms with Gasteiger partial charge in [-0.2, -0.15) is 0 Å². The molecule has 1 aromatic rings. The van der Waals surface area contributed by atoms with Gasteiger partial charge >= 0.3 is 6.03 Å². The van der Waals surface area contributed by atoms with E-state index in [0.29, 0.717) is 19.1 Å². The van der Waals surface area contributed by atoms with Gasteiger partial charge in [0, 0.05) is 32.4 Å². The van der Waals surface area contributed by atoms with Gasteiger partial charge in [-0.3, -0.25) is 19.9 Å². The van der Waals surface area contributed by atoms with Crippen molar-refractivity contribution in [2.75, 3.05) is 44.8 Å². The number of benzene rings is 1. The number of imide groups is 1. The topological polar surface area (TPSA) is 68.4 Å². The summed E-state index contributed by atoms with van der Waals surface area (Å²) < 4.78 is 5.39. The van der Waals surface area contributed by atoms with E-state index >= 15 is 0 Å². The number of urea groups is 1. The number of nitrogens with zero attached hydrogens (tertiary/aromatic N) is 4. The van der Waals surface area contributed by atoms with Crippen molar-refractivity contribution in [1.29, 1.82) is 0 Å². The second-order valence-electron chi connectivity index (χ2n) is 8.30. The predicted molar refractivity (Wildman–Crippen MR) is 110 cm³/mol. The molecule has 3 saturated heterocycles. The van der Waals surface area contributed by atoms with Crippen LogP contribution in [0.15, 0.2) is 24.3 Å². The Balaban J connectivity index is 1.61. The average molecular weight is 402 g/mol. The molecule has 1 aromatic carbocycles. The molecule has 8 nitrogen and oxygen atoms in total. The minimum Gasteiger partial charge on any atom is -0.380 e. The van der Waals surface area contributed by atoms with Crippen LogP contribution in [0.25, 0.3) is 0 Å². The van der Waals surface area contributed by atoms with Gasteiger partial charge in [0.1, 0.15) is 18.5 Å². The van der Waals surface area contributed by atoms with Gasteiger partial charge in [-0.25, -0.2) is 4.79 Å². The zero-order valence-electron chi connectivity index (χ0n) is 17.7. The van der Waals surface area contributed by atoms with Crippen LogP contribution in [-0.2, 0) is 9.53 Å². The zero-order chi connectivity index (χ0) is 20.7. The molecule has 3 heterocycles. The van der Waals surface area contributed by atoms with Crippen LogP contribution >= 0.6 is 0 Å². The summed E-state index contributed by atoms with van der Waals surface area (Å²) in [5.41, 5.74) is 2.34. The number of rotatable bonds is 5. The highest BCUT2D eigenvalue weighted by Gasteiger charge is 2.56. The molecule has 4 rings (SSSR count). The molecular weight excluding hydrogens is 370 g/mol. The normalized spacial score (nSPS) is 30.0. The fourth-order valence-electron chi connectivity index (χ4n) is 4.66. The summed E-state index contributed by atoms with van der Waals surface area (Å²) in [4.78, 5) is 33.7. The lowest BCUT2D eigenvalue weighted by molar-refractivity contribution is -0.139. The van der Waals surface area contributed by atoms with E-state index in [-0.39, 0.29) is 37.0 Å². The molecular formula is C21H31N5O3. The lowest BCUT2D eigenvalue weighted by Gasteiger charge is -2.46. The number of aryl methyl sites for hydroxylation is 1. The Bertz CT molecular complexity index is 770. The van der Waals surface area contributed by atoms with Crippen molar-refractivity contribution in [2.24, 2.45) is 5.92 Å². The Morgan fingerprint density at radius 3 is 2.59 bits per heavy atom. The highest BCUT2D eigenvalue weighted by atomic mass is 16.5. The summed E-state index contributed by atoms with van der Waals surface area (Å²) in [6.45, 7) is 9.12. The summed E-state index contributed by atoms with van der Waals surface area (Å²) >= 11 is 0. The molecule has 3 aliphatic heterocycles. The maximum atomic E-state index is 13.3. The molecule has 0 aromatic heterocycles. The number of likely N-dealkylation sites (N-methyl/N-ethyl adjacent to an activating group) is 1. The van der Waals surface area contributed by atoms with Crippen LogP contribution in [0.4, 0.5) is 10.5 Å². The Kier molecular flexibility index (Phi) is 5.50. The highest BCUT2D eigenvalue weighted by Crippen LogP contribution is 2.34. The quantitative estimate of drug-likeness (QED) is 0.750. The smallest absolute Gasteiger partial charge is 0.327 e. The summed E-state index contributed by atoms with van der Waals surface area (Å²) in [5, 5.41) is 3.56. The third kappa shape index (κ3) is 3.49. The van der Waals surface area contributed by atoms with Crippen LogP contribution in [0.5, 0.6) is 0 Å². The molecule has 3 fully saturated rings. The fourth-order valence-corrected chi connectivity index (χ4v) is 4.66. The van der Waals surface area contributed by atoms with E-state index in [4.69, 9.17) is 4.74 Å². The van der Waals surface area contributed by atoms with Crippen molar-refractivity contribution in [2.45, 2.75) is 39.3 Å². The third-order valence-electron chi connectivity index (χ3n) is 6.11. The van der Waals surface area contributed by atoms with Crippen LogP contribution in [0.1, 0.15) is 19.4 Å². The molecule has 29 heavy (non-hydrogen) atoms. The number of anilines is 1. The average Bonchev–Trinajstić information content (AvgIpc) is 3.08. The second kappa shape index (κ2) is 7.93. The van der Waals surface area contributed by atoms with Gasteiger partial charge in [-0.15, -0.1) is 0 Å². The largest absolute Gasteiger partial charge is 0.380 e. The number of nitrogens with one attached hydrogen (secondary N) is 1. The van der Waals surface area contributed by atoms with Gasteiger partial charge < -0.3 is 14.5 Å². The fraction of sp³-hybridized carbons (Fsp3) is 0.619. The lowest BCUT2D eigenvalue weighted by atomic mass is 10.0. The molecule has 0 radical (unpaired) electrons. The van der Waals surface area contributed by atoms with Crippen molar-refractivity contribution in [1.82, 2.24) is 20.0 Å². The van der Waals surface area contributed by atoms with Crippen molar-refractivity contribution in [3.63, 3.8) is 0 Å². The summed E-state index contributed by atoms with van der Waals surface area (Å²) in [7, 11) is 1.77. The van der Waals surface area contributed by atoms with E-state index in [0.717, 1.165) is 18.8 Å². The number of hydrogen-bond donors (Lipinski definition) is 1. The van der Waals surface area contributed by atoms with Gasteiger partial charge in [-0.1, -0.05) is 24.6 Å². The Hall–Kier alpha value is -2.16. The molecule has 158 valence electrons. The maximum absolute atomic E-state index is 13.3. The number of carbonyl (C=O) groups is 2. The number of fused-ring (bicyclic) bond motifs is 3. The molecule has 4 atom stereocenters. The summed E-state index contributed by atoms with van der Waals surface area (Å²) in [6.07, 6.45) is -0.448. The minimum absolute atomic E-state index is 0.116. The number of carbonyl (C=O) groups excluding carboxylic acids is 2. The van der Waals surface area contributed by atoms with Crippen LogP contribution in [0.3, 0.4) is 0 Å². The molecule has 0 aliphatic carbocycles. The van der Waals surface area contributed by atoms with Gasteiger partial charge in [0.15, 0.2) is 0 Å². The van der Waals surface area contributed by atoms with Crippen molar-refractivity contribution < 1.29 is 14.3 Å². The monoisotopic (exact) mass is 401 g/mol. The van der Waals surface area contributed by atoms with E-state index in [2.05, 4.69) is 53.2 Å². The van der Waals surface area contributed by atoms with Crippen LogP contribution in [0.2, 0.25) is 0 Å². The minimum atomic E-state index is -0.389. The van der Waals surface area contributed by atoms with E-state index in [9.17, 15) is 9.59 Å². The third-order valence-corrected chi connectivity index (χ3v) is 6.11. The molecule has 0 saturated carbocycles. The van der Waals surface area contributed by atoms with Gasteiger partial charge in [0.25, 0.3) is 5.91 Å². The zero-order valence-corrected chi connectivity index (χ0v) is 17.7. The Labute approximate surface area is 172 Å². The first kappa shape index (κ1) is 20.1. The van der Waals surface area contributed by atoms with Crippen molar-refractivity contribution in [3.05, 3.63) is 29.8 Å². The number of amides is 3. The second-order valence-corrected chi connectivity index (χ2v) is 8.30. The molecule has 3 aliphatic rings. The molecule has 4 unspecified atom stereocenters. The molecule has 1 N–H and O–H groups in total. The first-order valence-corrected chi connectivity index (χ1v) is 10.4. The molecule has 3 amide bonds. The first-order chi connectivity index (χ1) is 13.9. The lowest BCUT2D eigenvalue weighted by Crippen LogP contribution is -2.67. The van der Waals surface area contributed by atoms with Gasteiger partial charge in [0.05, 0.1) is 13.2 Å². The molecule has 8 heteroatoms. The summed E-state index contributed by atoms with van der Waals surface area (Å²) in [6, 6.07) is 7.81. The van der Waals surface area contributed by atoms with Crippen LogP contribution in [0, 0.1) is 12.8 Å². The van der Waals surface area contributed by atoms with Crippen molar-refractivity contribution in [3.8, 4) is 0 Å². The molecule has 0 bridgehead atoms. The van der Waals surface area contributed by atoms with E-state index < -0.39 is 0 Å². The maximum Gasteiger partial charge on any atom is 0.327 e. The molecule has 0 spiro atoms. The number of hydrogen-bond acceptors (Lipinski definition) is 6. The predicted octanol–water partition coefficient (Wildman–Crippen LogP) is 1.27. The van der Waals surface area contributed by atoms with Crippen LogP contribution < -0.4 is 10.2 Å². The van der Waals surface area contributed by atoms with Gasteiger partial charge in [0.2, 0.25) is 0 Å². The number of ether oxygens (including phenoxy) is 1. The van der Waals surface area contributed by atoms with E-state index in [1.807, 2.05) is 6.92 Å². The Morgan fingerprint density at radius 1 is 1.17 bits per heavy atom.